The summed E-state index contributed by atoms with van der Waals surface area (Å²) in [6.07, 6.45) is 4.54. The molecule has 2 aliphatic rings. The van der Waals surface area contributed by atoms with Crippen LogP contribution in [0.15, 0.2) is 12.1 Å². The molecule has 6 nitrogen and oxygen atoms in total. The number of piperidine rings is 1. The molecular formula is C14H21N5O. The Morgan fingerprint density at radius 2 is 2.10 bits per heavy atom. The van der Waals surface area contributed by atoms with E-state index in [0.29, 0.717) is 5.69 Å². The zero-order chi connectivity index (χ0) is 13.8. The van der Waals surface area contributed by atoms with E-state index in [4.69, 9.17) is 0 Å². The molecule has 2 aliphatic heterocycles. The van der Waals surface area contributed by atoms with Gasteiger partial charge in [-0.05, 0) is 44.4 Å². The van der Waals surface area contributed by atoms with E-state index in [1.165, 1.54) is 12.8 Å². The van der Waals surface area contributed by atoms with Crippen molar-refractivity contribution in [2.24, 2.45) is 0 Å². The molecule has 0 unspecified atom stereocenters. The normalized spacial score (nSPS) is 22.8. The highest BCUT2D eigenvalue weighted by molar-refractivity contribution is 5.92. The molecule has 2 fully saturated rings. The first kappa shape index (κ1) is 13.3. The van der Waals surface area contributed by atoms with Crippen molar-refractivity contribution in [3.8, 4) is 0 Å². The Balaban J connectivity index is 1.59. The largest absolute Gasteiger partial charge is 0.355 e. The Bertz CT molecular complexity index is 449. The Morgan fingerprint density at radius 1 is 1.25 bits per heavy atom. The second-order valence-corrected chi connectivity index (χ2v) is 5.49. The van der Waals surface area contributed by atoms with Crippen LogP contribution in [-0.4, -0.2) is 48.3 Å². The molecule has 2 N–H and O–H groups in total. The molecule has 0 spiro atoms. The van der Waals surface area contributed by atoms with Gasteiger partial charge in [0.2, 0.25) is 0 Å². The zero-order valence-corrected chi connectivity index (χ0v) is 11.6. The van der Waals surface area contributed by atoms with Crippen LogP contribution in [0.3, 0.4) is 0 Å². The van der Waals surface area contributed by atoms with E-state index in [1.807, 2.05) is 6.07 Å². The highest BCUT2D eigenvalue weighted by Crippen LogP contribution is 2.16. The summed E-state index contributed by atoms with van der Waals surface area (Å²) >= 11 is 0. The number of hydrogen-bond donors (Lipinski definition) is 2. The van der Waals surface area contributed by atoms with E-state index < -0.39 is 0 Å². The van der Waals surface area contributed by atoms with Gasteiger partial charge in [-0.3, -0.25) is 4.79 Å². The summed E-state index contributed by atoms with van der Waals surface area (Å²) in [7, 11) is 0. The second-order valence-electron chi connectivity index (χ2n) is 5.49. The smallest absolute Gasteiger partial charge is 0.272 e. The predicted octanol–water partition coefficient (Wildman–Crippen LogP) is 0.559. The molecule has 1 aromatic heterocycles. The van der Waals surface area contributed by atoms with E-state index in [2.05, 4.69) is 25.7 Å². The Kier molecular flexibility index (Phi) is 4.11. The number of aromatic nitrogens is 2. The predicted molar refractivity (Wildman–Crippen MR) is 76.8 cm³/mol. The van der Waals surface area contributed by atoms with Gasteiger partial charge >= 0.3 is 0 Å². The van der Waals surface area contributed by atoms with Crippen molar-refractivity contribution in [3.63, 3.8) is 0 Å². The molecule has 1 aromatic rings. The van der Waals surface area contributed by atoms with Gasteiger partial charge in [0.1, 0.15) is 0 Å². The lowest BCUT2D eigenvalue weighted by Gasteiger charge is -2.23. The molecule has 108 valence electrons. The van der Waals surface area contributed by atoms with E-state index in [9.17, 15) is 4.79 Å². The van der Waals surface area contributed by atoms with Crippen LogP contribution in [0.2, 0.25) is 0 Å². The topological polar surface area (TPSA) is 70.2 Å². The fourth-order valence-electron chi connectivity index (χ4n) is 2.80. The third-order valence-electron chi connectivity index (χ3n) is 3.95. The zero-order valence-electron chi connectivity index (χ0n) is 11.6. The average Bonchev–Trinajstić information content (AvgIpc) is 3.03. The molecule has 0 aromatic carbocycles. The molecule has 1 amide bonds. The summed E-state index contributed by atoms with van der Waals surface area (Å²) < 4.78 is 0. The van der Waals surface area contributed by atoms with E-state index in [1.54, 1.807) is 6.07 Å². The second kappa shape index (κ2) is 6.17. The maximum Gasteiger partial charge on any atom is 0.272 e. The summed E-state index contributed by atoms with van der Waals surface area (Å²) in [5, 5.41) is 14.5. The summed E-state index contributed by atoms with van der Waals surface area (Å²) in [5.41, 5.74) is 0.401. The minimum absolute atomic E-state index is 0.126. The highest BCUT2D eigenvalue weighted by Gasteiger charge is 2.18. The van der Waals surface area contributed by atoms with Crippen LogP contribution in [0.25, 0.3) is 0 Å². The van der Waals surface area contributed by atoms with E-state index in [0.717, 1.165) is 44.8 Å². The van der Waals surface area contributed by atoms with Gasteiger partial charge in [0.05, 0.1) is 0 Å². The van der Waals surface area contributed by atoms with E-state index >= 15 is 0 Å². The summed E-state index contributed by atoms with van der Waals surface area (Å²) in [6.45, 7) is 3.95. The van der Waals surface area contributed by atoms with Crippen molar-refractivity contribution >= 4 is 11.7 Å². The molecule has 0 saturated carbocycles. The molecule has 0 radical (unpaired) electrons. The quantitative estimate of drug-likeness (QED) is 0.843. The van der Waals surface area contributed by atoms with Gasteiger partial charge in [-0.15, -0.1) is 10.2 Å². The molecule has 0 aliphatic carbocycles. The molecule has 3 rings (SSSR count). The first-order valence-electron chi connectivity index (χ1n) is 7.43. The van der Waals surface area contributed by atoms with Gasteiger partial charge in [-0.2, -0.15) is 0 Å². The minimum Gasteiger partial charge on any atom is -0.355 e. The molecule has 0 bridgehead atoms. The van der Waals surface area contributed by atoms with E-state index in [-0.39, 0.29) is 11.9 Å². The standard InChI is InChI=1S/C14H21N5O/c20-14(16-11-4-3-7-15-10-11)12-5-6-13(18-17-12)19-8-1-2-9-19/h5-6,11,15H,1-4,7-10H2,(H,16,20)/t11-/m0/s1. The monoisotopic (exact) mass is 275 g/mol. The number of nitrogens with one attached hydrogen (secondary N) is 2. The van der Waals surface area contributed by atoms with Gasteiger partial charge in [-0.1, -0.05) is 0 Å². The lowest BCUT2D eigenvalue weighted by molar-refractivity contribution is 0.0924. The molecule has 6 heteroatoms. The van der Waals surface area contributed by atoms with Crippen LogP contribution in [0.5, 0.6) is 0 Å². The maximum atomic E-state index is 12.1. The van der Waals surface area contributed by atoms with Gasteiger partial charge in [-0.25, -0.2) is 0 Å². The first-order valence-corrected chi connectivity index (χ1v) is 7.43. The molecule has 2 saturated heterocycles. The first-order chi connectivity index (χ1) is 9.83. The number of carbonyl (C=O) groups is 1. The van der Waals surface area contributed by atoms with Crippen LogP contribution in [-0.2, 0) is 0 Å². The maximum absolute atomic E-state index is 12.1. The Hall–Kier alpha value is -1.69. The van der Waals surface area contributed by atoms with Crippen molar-refractivity contribution in [3.05, 3.63) is 17.8 Å². The Morgan fingerprint density at radius 3 is 2.75 bits per heavy atom. The molecular weight excluding hydrogens is 254 g/mol. The number of amides is 1. The number of nitrogens with zero attached hydrogens (tertiary/aromatic N) is 3. The average molecular weight is 275 g/mol. The van der Waals surface area contributed by atoms with Gasteiger partial charge in [0, 0.05) is 25.7 Å². The molecule has 1 atom stereocenters. The lowest BCUT2D eigenvalue weighted by atomic mass is 10.1. The molecule has 3 heterocycles. The van der Waals surface area contributed by atoms with Crippen LogP contribution in [0.4, 0.5) is 5.82 Å². The summed E-state index contributed by atoms with van der Waals surface area (Å²) in [4.78, 5) is 14.3. The van der Waals surface area contributed by atoms with Crippen molar-refractivity contribution in [2.45, 2.75) is 31.7 Å². The Labute approximate surface area is 118 Å². The van der Waals surface area contributed by atoms with Crippen LogP contribution in [0, 0.1) is 0 Å². The van der Waals surface area contributed by atoms with Gasteiger partial charge in [0.25, 0.3) is 5.91 Å². The summed E-state index contributed by atoms with van der Waals surface area (Å²) in [6, 6.07) is 3.87. The van der Waals surface area contributed by atoms with Crippen LogP contribution >= 0.6 is 0 Å². The SMILES string of the molecule is O=C(N[C@H]1CCCNC1)c1ccc(N2CCCC2)nn1. The number of rotatable bonds is 3. The van der Waals surface area contributed by atoms with Crippen LogP contribution < -0.4 is 15.5 Å². The highest BCUT2D eigenvalue weighted by atomic mass is 16.2. The third kappa shape index (κ3) is 3.07. The van der Waals surface area contributed by atoms with Crippen molar-refractivity contribution in [1.82, 2.24) is 20.8 Å². The third-order valence-corrected chi connectivity index (χ3v) is 3.95. The van der Waals surface area contributed by atoms with Crippen molar-refractivity contribution in [1.29, 1.82) is 0 Å². The fourth-order valence-corrected chi connectivity index (χ4v) is 2.80. The lowest BCUT2D eigenvalue weighted by Crippen LogP contribution is -2.45. The van der Waals surface area contributed by atoms with Gasteiger partial charge in [0.15, 0.2) is 11.5 Å². The fraction of sp³-hybridized carbons (Fsp3) is 0.643. The minimum atomic E-state index is -0.126. The number of hydrogen-bond acceptors (Lipinski definition) is 5. The van der Waals surface area contributed by atoms with Crippen molar-refractivity contribution < 1.29 is 4.79 Å². The number of anilines is 1. The van der Waals surface area contributed by atoms with Crippen LogP contribution in [0.1, 0.15) is 36.2 Å². The van der Waals surface area contributed by atoms with Crippen molar-refractivity contribution in [2.75, 3.05) is 31.1 Å². The summed E-state index contributed by atoms with van der Waals surface area (Å²) in [5.74, 6) is 0.748. The van der Waals surface area contributed by atoms with Gasteiger partial charge < -0.3 is 15.5 Å². The number of carbonyl (C=O) groups excluding carboxylic acids is 1. The molecule has 20 heavy (non-hydrogen) atoms.